The lowest BCUT2D eigenvalue weighted by Gasteiger charge is -2.08. The molecular weight excluding hydrogens is 316 g/mol. The molecule has 0 spiro atoms. The second-order valence-electron chi connectivity index (χ2n) is 4.73. The van der Waals surface area contributed by atoms with Crippen molar-refractivity contribution in [1.82, 2.24) is 9.97 Å². The van der Waals surface area contributed by atoms with Gasteiger partial charge in [-0.1, -0.05) is 49.0 Å². The highest BCUT2D eigenvalue weighted by Crippen LogP contribution is 2.37. The molecule has 3 aromatic rings. The van der Waals surface area contributed by atoms with Crippen molar-refractivity contribution in [3.8, 4) is 10.4 Å². The van der Waals surface area contributed by atoms with Gasteiger partial charge in [-0.2, -0.15) is 0 Å². The third-order valence-electron chi connectivity index (χ3n) is 3.25. The molecule has 0 aliphatic carbocycles. The van der Waals surface area contributed by atoms with Gasteiger partial charge in [-0.05, 0) is 18.1 Å². The molecule has 0 amide bonds. The Morgan fingerprint density at radius 2 is 2.09 bits per heavy atom. The summed E-state index contributed by atoms with van der Waals surface area (Å²) in [6.45, 7) is 1.87. The van der Waals surface area contributed by atoms with Crippen LogP contribution in [0.4, 0.5) is 0 Å². The van der Waals surface area contributed by atoms with Crippen LogP contribution in [0.25, 0.3) is 20.7 Å². The number of carboxylic acids is 1. The Bertz CT molecular complexity index is 802. The Morgan fingerprint density at radius 1 is 1.32 bits per heavy atom. The summed E-state index contributed by atoms with van der Waals surface area (Å²) in [5.41, 5.74) is 1.13. The number of hydrogen-bond acceptors (Lipinski definition) is 5. The lowest BCUT2D eigenvalue weighted by molar-refractivity contribution is -0.136. The summed E-state index contributed by atoms with van der Waals surface area (Å²) in [6, 6.07) is 12.1. The van der Waals surface area contributed by atoms with Crippen LogP contribution in [0.3, 0.4) is 0 Å². The van der Waals surface area contributed by atoms with Crippen molar-refractivity contribution in [2.75, 3.05) is 0 Å². The number of aliphatic carboxylic acids is 1. The van der Waals surface area contributed by atoms with Gasteiger partial charge in [0.2, 0.25) is 0 Å². The smallest absolute Gasteiger partial charge is 0.317 e. The predicted molar refractivity (Wildman–Crippen MR) is 90.4 cm³/mol. The number of thioether (sulfide) groups is 1. The lowest BCUT2D eigenvalue weighted by atomic mass is 10.2. The number of nitrogens with zero attached hydrogens (tertiary/aromatic N) is 2. The summed E-state index contributed by atoms with van der Waals surface area (Å²) in [5.74, 6) is -0.808. The highest BCUT2D eigenvalue weighted by atomic mass is 32.2. The van der Waals surface area contributed by atoms with E-state index in [4.69, 9.17) is 0 Å². The van der Waals surface area contributed by atoms with Gasteiger partial charge in [-0.3, -0.25) is 4.79 Å². The van der Waals surface area contributed by atoms with Crippen LogP contribution in [0.1, 0.15) is 13.3 Å². The number of fused-ring (bicyclic) bond motifs is 1. The lowest BCUT2D eigenvalue weighted by Crippen LogP contribution is -2.14. The Labute approximate surface area is 136 Å². The van der Waals surface area contributed by atoms with Gasteiger partial charge >= 0.3 is 5.97 Å². The molecule has 0 fully saturated rings. The number of aromatic nitrogens is 2. The van der Waals surface area contributed by atoms with Gasteiger partial charge in [0.25, 0.3) is 0 Å². The first-order valence-corrected chi connectivity index (χ1v) is 8.58. The van der Waals surface area contributed by atoms with E-state index >= 15 is 0 Å². The van der Waals surface area contributed by atoms with Crippen LogP contribution in [0.15, 0.2) is 47.8 Å². The van der Waals surface area contributed by atoms with E-state index in [0.29, 0.717) is 6.42 Å². The van der Waals surface area contributed by atoms with Crippen LogP contribution in [-0.4, -0.2) is 26.3 Å². The first-order chi connectivity index (χ1) is 10.7. The van der Waals surface area contributed by atoms with Crippen molar-refractivity contribution in [2.45, 2.75) is 23.6 Å². The van der Waals surface area contributed by atoms with Crippen molar-refractivity contribution >= 4 is 39.3 Å². The van der Waals surface area contributed by atoms with Crippen molar-refractivity contribution in [1.29, 1.82) is 0 Å². The third-order valence-corrected chi connectivity index (χ3v) is 5.71. The molecule has 22 heavy (non-hydrogen) atoms. The van der Waals surface area contributed by atoms with Gasteiger partial charge in [0.15, 0.2) is 0 Å². The van der Waals surface area contributed by atoms with Gasteiger partial charge in [-0.25, -0.2) is 9.97 Å². The third kappa shape index (κ3) is 2.98. The van der Waals surface area contributed by atoms with E-state index in [9.17, 15) is 9.90 Å². The van der Waals surface area contributed by atoms with Crippen LogP contribution in [0, 0.1) is 0 Å². The summed E-state index contributed by atoms with van der Waals surface area (Å²) in [7, 11) is 0. The van der Waals surface area contributed by atoms with Crippen LogP contribution in [0.2, 0.25) is 0 Å². The first kappa shape index (κ1) is 15.0. The van der Waals surface area contributed by atoms with Crippen molar-refractivity contribution < 1.29 is 9.90 Å². The van der Waals surface area contributed by atoms with Gasteiger partial charge < -0.3 is 5.11 Å². The molecule has 2 heterocycles. The maximum atomic E-state index is 11.2. The maximum absolute atomic E-state index is 11.2. The molecule has 0 aliphatic rings. The van der Waals surface area contributed by atoms with E-state index in [1.165, 1.54) is 18.1 Å². The highest BCUT2D eigenvalue weighted by molar-refractivity contribution is 8.00. The second kappa shape index (κ2) is 6.46. The molecule has 0 unspecified atom stereocenters. The molecule has 2 aromatic heterocycles. The molecule has 1 N–H and O–H groups in total. The minimum atomic E-state index is -0.808. The summed E-state index contributed by atoms with van der Waals surface area (Å²) in [5, 5.41) is 10.4. The molecule has 0 aliphatic heterocycles. The fourth-order valence-electron chi connectivity index (χ4n) is 2.12. The van der Waals surface area contributed by atoms with E-state index in [2.05, 4.69) is 22.1 Å². The zero-order valence-electron chi connectivity index (χ0n) is 11.9. The number of thiophene rings is 1. The fourth-order valence-corrected chi connectivity index (χ4v) is 4.11. The molecule has 6 heteroatoms. The fraction of sp³-hybridized carbons (Fsp3) is 0.188. The molecular formula is C16H14N2O2S2. The molecule has 1 atom stereocenters. The van der Waals surface area contributed by atoms with E-state index in [0.717, 1.165) is 25.7 Å². The minimum absolute atomic E-state index is 0.488. The maximum Gasteiger partial charge on any atom is 0.317 e. The van der Waals surface area contributed by atoms with E-state index in [1.54, 1.807) is 11.3 Å². The average molecular weight is 330 g/mol. The second-order valence-corrected chi connectivity index (χ2v) is 6.95. The number of carbonyl (C=O) groups is 1. The monoisotopic (exact) mass is 330 g/mol. The normalized spacial score (nSPS) is 12.4. The Kier molecular flexibility index (Phi) is 4.40. The quantitative estimate of drug-likeness (QED) is 0.558. The van der Waals surface area contributed by atoms with Gasteiger partial charge in [0.1, 0.15) is 21.4 Å². The topological polar surface area (TPSA) is 63.1 Å². The van der Waals surface area contributed by atoms with E-state index in [-0.39, 0.29) is 0 Å². The Morgan fingerprint density at radius 3 is 2.77 bits per heavy atom. The summed E-state index contributed by atoms with van der Waals surface area (Å²) in [4.78, 5) is 21.8. The van der Waals surface area contributed by atoms with Gasteiger partial charge in [0, 0.05) is 10.3 Å². The molecule has 0 bridgehead atoms. The molecule has 3 rings (SSSR count). The van der Waals surface area contributed by atoms with Crippen LogP contribution >= 0.6 is 23.1 Å². The molecule has 1 aromatic carbocycles. The molecule has 4 nitrogen and oxygen atoms in total. The largest absolute Gasteiger partial charge is 0.480 e. The van der Waals surface area contributed by atoms with Crippen molar-refractivity contribution in [2.24, 2.45) is 0 Å². The predicted octanol–water partition coefficient (Wildman–Crippen LogP) is 4.31. The summed E-state index contributed by atoms with van der Waals surface area (Å²) < 4.78 is 0. The van der Waals surface area contributed by atoms with Crippen molar-refractivity contribution in [3.05, 3.63) is 42.7 Å². The Hall–Kier alpha value is -1.92. The standard InChI is InChI=1S/C16H14N2O2S2/c1-2-12(16(19)20)21-14-11-8-13(10-6-4-3-5-7-10)22-15(11)18-9-17-14/h3-9,12H,2H2,1H3,(H,19,20)/t12-/m1/s1. The number of rotatable bonds is 5. The minimum Gasteiger partial charge on any atom is -0.480 e. The van der Waals surface area contributed by atoms with E-state index in [1.807, 2.05) is 31.2 Å². The molecule has 0 saturated carbocycles. The Balaban J connectivity index is 2.02. The zero-order valence-corrected chi connectivity index (χ0v) is 13.5. The van der Waals surface area contributed by atoms with Crippen LogP contribution in [-0.2, 0) is 4.79 Å². The zero-order chi connectivity index (χ0) is 15.5. The number of hydrogen-bond donors (Lipinski definition) is 1. The van der Waals surface area contributed by atoms with Crippen LogP contribution in [0.5, 0.6) is 0 Å². The number of benzene rings is 1. The molecule has 112 valence electrons. The molecule has 0 saturated heterocycles. The first-order valence-electron chi connectivity index (χ1n) is 6.88. The van der Waals surface area contributed by atoms with E-state index < -0.39 is 11.2 Å². The SMILES string of the molecule is CC[C@@H](Sc1ncnc2sc(-c3ccccc3)cc12)C(=O)O. The van der Waals surface area contributed by atoms with Gasteiger partial charge in [-0.15, -0.1) is 11.3 Å². The molecule has 0 radical (unpaired) electrons. The number of carboxylic acid groups (broad SMARTS) is 1. The average Bonchev–Trinajstić information content (AvgIpc) is 2.98. The summed E-state index contributed by atoms with van der Waals surface area (Å²) in [6.07, 6.45) is 2.06. The van der Waals surface area contributed by atoms with Crippen molar-refractivity contribution in [3.63, 3.8) is 0 Å². The summed E-state index contributed by atoms with van der Waals surface area (Å²) >= 11 is 2.89. The van der Waals surface area contributed by atoms with Crippen LogP contribution < -0.4 is 0 Å². The van der Waals surface area contributed by atoms with Gasteiger partial charge in [0.05, 0.1) is 0 Å². The highest BCUT2D eigenvalue weighted by Gasteiger charge is 2.20.